The van der Waals surface area contributed by atoms with Crippen molar-refractivity contribution in [2.45, 2.75) is 18.9 Å². The standard InChI is InChI=1S/C10H13NO3/c11-10(14)5-4-9(13)7-2-1-3-8(12)6-7/h1-3,6,9,12-13H,4-5H2,(H2,11,14). The van der Waals surface area contributed by atoms with Crippen LogP contribution in [0.4, 0.5) is 0 Å². The van der Waals surface area contributed by atoms with E-state index in [2.05, 4.69) is 0 Å². The molecule has 1 unspecified atom stereocenters. The van der Waals surface area contributed by atoms with Gasteiger partial charge < -0.3 is 15.9 Å². The molecule has 0 saturated heterocycles. The minimum absolute atomic E-state index is 0.0978. The summed E-state index contributed by atoms with van der Waals surface area (Å²) in [6, 6.07) is 6.31. The topological polar surface area (TPSA) is 83.6 Å². The van der Waals surface area contributed by atoms with Crippen molar-refractivity contribution in [3.05, 3.63) is 29.8 Å². The number of aliphatic hydroxyl groups is 1. The summed E-state index contributed by atoms with van der Waals surface area (Å²) in [5.41, 5.74) is 5.54. The summed E-state index contributed by atoms with van der Waals surface area (Å²) in [7, 11) is 0. The van der Waals surface area contributed by atoms with Gasteiger partial charge in [-0.15, -0.1) is 0 Å². The fraction of sp³-hybridized carbons (Fsp3) is 0.300. The fourth-order valence-corrected chi connectivity index (χ4v) is 1.18. The second-order valence-corrected chi connectivity index (χ2v) is 3.12. The summed E-state index contributed by atoms with van der Waals surface area (Å²) in [4.78, 5) is 10.5. The van der Waals surface area contributed by atoms with Crippen LogP contribution >= 0.6 is 0 Å². The highest BCUT2D eigenvalue weighted by Crippen LogP contribution is 2.21. The van der Waals surface area contributed by atoms with E-state index in [1.54, 1.807) is 12.1 Å². The Labute approximate surface area is 82.0 Å². The van der Waals surface area contributed by atoms with E-state index in [1.165, 1.54) is 12.1 Å². The maximum absolute atomic E-state index is 10.5. The van der Waals surface area contributed by atoms with Crippen molar-refractivity contribution in [2.24, 2.45) is 5.73 Å². The molecule has 76 valence electrons. The monoisotopic (exact) mass is 195 g/mol. The zero-order chi connectivity index (χ0) is 10.6. The van der Waals surface area contributed by atoms with Gasteiger partial charge in [-0.3, -0.25) is 4.79 Å². The molecule has 1 aromatic carbocycles. The van der Waals surface area contributed by atoms with Gasteiger partial charge in [-0.25, -0.2) is 0 Å². The van der Waals surface area contributed by atoms with E-state index < -0.39 is 12.0 Å². The summed E-state index contributed by atoms with van der Waals surface area (Å²) in [5.74, 6) is -0.343. The Morgan fingerprint density at radius 1 is 1.50 bits per heavy atom. The van der Waals surface area contributed by atoms with Crippen molar-refractivity contribution in [3.63, 3.8) is 0 Å². The minimum atomic E-state index is -0.755. The van der Waals surface area contributed by atoms with Gasteiger partial charge in [-0.05, 0) is 24.1 Å². The number of rotatable bonds is 4. The van der Waals surface area contributed by atoms with Crippen molar-refractivity contribution in [3.8, 4) is 5.75 Å². The molecular formula is C10H13NO3. The quantitative estimate of drug-likeness (QED) is 0.661. The van der Waals surface area contributed by atoms with Gasteiger partial charge in [0.1, 0.15) is 5.75 Å². The highest BCUT2D eigenvalue weighted by Gasteiger charge is 2.08. The van der Waals surface area contributed by atoms with Gasteiger partial charge in [0.05, 0.1) is 6.10 Å². The number of nitrogens with two attached hydrogens (primary N) is 1. The van der Waals surface area contributed by atoms with Crippen LogP contribution in [-0.4, -0.2) is 16.1 Å². The first-order chi connectivity index (χ1) is 6.59. The minimum Gasteiger partial charge on any atom is -0.508 e. The number of carbonyl (C=O) groups is 1. The molecule has 1 aromatic rings. The second kappa shape index (κ2) is 4.62. The smallest absolute Gasteiger partial charge is 0.217 e. The Balaban J connectivity index is 2.60. The third kappa shape index (κ3) is 3.06. The number of phenols is 1. The van der Waals surface area contributed by atoms with Crippen molar-refractivity contribution in [1.82, 2.24) is 0 Å². The van der Waals surface area contributed by atoms with E-state index in [4.69, 9.17) is 10.8 Å². The van der Waals surface area contributed by atoms with Crippen molar-refractivity contribution >= 4 is 5.91 Å². The molecule has 0 radical (unpaired) electrons. The molecule has 0 aliphatic heterocycles. The summed E-state index contributed by atoms with van der Waals surface area (Å²) in [6.07, 6.45) is -0.343. The average Bonchev–Trinajstić information content (AvgIpc) is 2.14. The number of carbonyl (C=O) groups excluding carboxylic acids is 1. The molecule has 0 heterocycles. The lowest BCUT2D eigenvalue weighted by molar-refractivity contribution is -0.118. The van der Waals surface area contributed by atoms with Crippen LogP contribution in [0.15, 0.2) is 24.3 Å². The molecule has 0 aliphatic carbocycles. The molecule has 0 aliphatic rings. The van der Waals surface area contributed by atoms with Gasteiger partial charge in [-0.2, -0.15) is 0 Å². The molecule has 0 aromatic heterocycles. The van der Waals surface area contributed by atoms with Gasteiger partial charge in [0, 0.05) is 6.42 Å². The van der Waals surface area contributed by atoms with E-state index in [0.29, 0.717) is 5.56 Å². The predicted molar refractivity (Wildman–Crippen MR) is 51.5 cm³/mol. The molecule has 1 rings (SSSR count). The third-order valence-corrected chi connectivity index (χ3v) is 1.92. The molecule has 4 nitrogen and oxygen atoms in total. The predicted octanol–water partition coefficient (Wildman–Crippen LogP) is 0.691. The molecule has 0 bridgehead atoms. The van der Waals surface area contributed by atoms with Gasteiger partial charge >= 0.3 is 0 Å². The summed E-state index contributed by atoms with van der Waals surface area (Å²) < 4.78 is 0. The lowest BCUT2D eigenvalue weighted by Gasteiger charge is -2.09. The van der Waals surface area contributed by atoms with Gasteiger partial charge in [0.2, 0.25) is 5.91 Å². The zero-order valence-electron chi connectivity index (χ0n) is 7.68. The summed E-state index contributed by atoms with van der Waals surface area (Å²) in [6.45, 7) is 0. The van der Waals surface area contributed by atoms with Crippen LogP contribution in [0.3, 0.4) is 0 Å². The van der Waals surface area contributed by atoms with Crippen LogP contribution in [-0.2, 0) is 4.79 Å². The first kappa shape index (κ1) is 10.5. The second-order valence-electron chi connectivity index (χ2n) is 3.12. The molecule has 4 N–H and O–H groups in total. The number of phenolic OH excluding ortho intramolecular Hbond substituents is 1. The Morgan fingerprint density at radius 3 is 2.79 bits per heavy atom. The molecule has 0 saturated carbocycles. The van der Waals surface area contributed by atoms with Gasteiger partial charge in [-0.1, -0.05) is 12.1 Å². The maximum atomic E-state index is 10.5. The Kier molecular flexibility index (Phi) is 3.48. The van der Waals surface area contributed by atoms with E-state index in [0.717, 1.165) is 0 Å². The number of benzene rings is 1. The molecule has 0 fully saturated rings. The SMILES string of the molecule is NC(=O)CCC(O)c1cccc(O)c1. The third-order valence-electron chi connectivity index (χ3n) is 1.92. The number of hydrogen-bond donors (Lipinski definition) is 3. The largest absolute Gasteiger partial charge is 0.508 e. The van der Waals surface area contributed by atoms with Crippen molar-refractivity contribution in [1.29, 1.82) is 0 Å². The average molecular weight is 195 g/mol. The fourth-order valence-electron chi connectivity index (χ4n) is 1.18. The molecule has 4 heteroatoms. The summed E-state index contributed by atoms with van der Waals surface area (Å²) >= 11 is 0. The van der Waals surface area contributed by atoms with E-state index in [1.807, 2.05) is 0 Å². The van der Waals surface area contributed by atoms with Gasteiger partial charge in [0.25, 0.3) is 0 Å². The maximum Gasteiger partial charge on any atom is 0.217 e. The first-order valence-corrected chi connectivity index (χ1v) is 4.35. The highest BCUT2D eigenvalue weighted by molar-refractivity contribution is 5.73. The molecule has 1 atom stereocenters. The van der Waals surface area contributed by atoms with Crippen LogP contribution in [0.25, 0.3) is 0 Å². The lowest BCUT2D eigenvalue weighted by Crippen LogP contribution is -2.12. The Hall–Kier alpha value is -1.55. The van der Waals surface area contributed by atoms with Crippen molar-refractivity contribution in [2.75, 3.05) is 0 Å². The van der Waals surface area contributed by atoms with Crippen LogP contribution in [0.1, 0.15) is 24.5 Å². The van der Waals surface area contributed by atoms with E-state index in [9.17, 15) is 9.90 Å². The molecule has 0 spiro atoms. The normalized spacial score (nSPS) is 12.4. The van der Waals surface area contributed by atoms with Crippen molar-refractivity contribution < 1.29 is 15.0 Å². The molecule has 14 heavy (non-hydrogen) atoms. The number of hydrogen-bond acceptors (Lipinski definition) is 3. The lowest BCUT2D eigenvalue weighted by atomic mass is 10.0. The molecular weight excluding hydrogens is 182 g/mol. The number of aliphatic hydroxyl groups excluding tert-OH is 1. The van der Waals surface area contributed by atoms with Crippen LogP contribution < -0.4 is 5.73 Å². The number of aromatic hydroxyl groups is 1. The highest BCUT2D eigenvalue weighted by atomic mass is 16.3. The first-order valence-electron chi connectivity index (χ1n) is 4.35. The van der Waals surface area contributed by atoms with E-state index >= 15 is 0 Å². The Morgan fingerprint density at radius 2 is 2.21 bits per heavy atom. The zero-order valence-corrected chi connectivity index (χ0v) is 7.68. The molecule has 1 amide bonds. The summed E-state index contributed by atoms with van der Waals surface area (Å²) in [5, 5.41) is 18.7. The van der Waals surface area contributed by atoms with Crippen LogP contribution in [0, 0.1) is 0 Å². The van der Waals surface area contributed by atoms with Crippen LogP contribution in [0.5, 0.6) is 5.75 Å². The number of amides is 1. The van der Waals surface area contributed by atoms with Gasteiger partial charge in [0.15, 0.2) is 0 Å². The Bertz CT molecular complexity index is 325. The number of primary amides is 1. The van der Waals surface area contributed by atoms with Crippen LogP contribution in [0.2, 0.25) is 0 Å². The van der Waals surface area contributed by atoms with E-state index in [-0.39, 0.29) is 18.6 Å².